The number of piperidine rings is 1. The highest BCUT2D eigenvalue weighted by molar-refractivity contribution is 5.98. The summed E-state index contributed by atoms with van der Waals surface area (Å²) in [4.78, 5) is 40.1. The molecule has 0 aromatic heterocycles. The van der Waals surface area contributed by atoms with Gasteiger partial charge in [0.05, 0.1) is 11.1 Å². The lowest BCUT2D eigenvalue weighted by atomic mass is 9.89. The fourth-order valence-electron chi connectivity index (χ4n) is 4.55. The molecular formula is C30H39FN2O4. The van der Waals surface area contributed by atoms with E-state index < -0.39 is 23.4 Å². The number of halogens is 1. The van der Waals surface area contributed by atoms with E-state index in [1.165, 1.54) is 12.1 Å². The molecule has 0 spiro atoms. The van der Waals surface area contributed by atoms with Crippen molar-refractivity contribution >= 4 is 17.8 Å². The molecule has 0 radical (unpaired) electrons. The average Bonchev–Trinajstić information content (AvgIpc) is 2.83. The Hall–Kier alpha value is -3.22. The van der Waals surface area contributed by atoms with Crippen molar-refractivity contribution < 1.29 is 23.5 Å². The molecule has 1 saturated heterocycles. The van der Waals surface area contributed by atoms with Gasteiger partial charge in [0.25, 0.3) is 5.91 Å². The molecule has 2 amide bonds. The van der Waals surface area contributed by atoms with Crippen LogP contribution in [0.15, 0.2) is 42.5 Å². The van der Waals surface area contributed by atoms with Gasteiger partial charge in [0.15, 0.2) is 0 Å². The van der Waals surface area contributed by atoms with Crippen LogP contribution in [0.5, 0.6) is 0 Å². The molecule has 1 heterocycles. The summed E-state index contributed by atoms with van der Waals surface area (Å²) in [5, 5.41) is 2.77. The summed E-state index contributed by atoms with van der Waals surface area (Å²) in [5.41, 5.74) is 1.88. The van der Waals surface area contributed by atoms with Gasteiger partial charge in [-0.15, -0.1) is 0 Å². The van der Waals surface area contributed by atoms with Gasteiger partial charge < -0.3 is 15.0 Å². The van der Waals surface area contributed by atoms with Gasteiger partial charge in [-0.05, 0) is 88.6 Å². The van der Waals surface area contributed by atoms with Gasteiger partial charge >= 0.3 is 5.97 Å². The molecule has 1 atom stereocenters. The molecule has 200 valence electrons. The summed E-state index contributed by atoms with van der Waals surface area (Å²) in [7, 11) is 0. The molecule has 3 rings (SSSR count). The normalized spacial score (nSPS) is 15.4. The van der Waals surface area contributed by atoms with E-state index in [0.29, 0.717) is 24.6 Å². The number of ether oxygens (including phenoxy) is 1. The largest absolute Gasteiger partial charge is 0.456 e. The summed E-state index contributed by atoms with van der Waals surface area (Å²) >= 11 is 0. The van der Waals surface area contributed by atoms with Crippen LogP contribution in [0.2, 0.25) is 0 Å². The molecule has 2 aromatic carbocycles. The first-order valence-corrected chi connectivity index (χ1v) is 13.0. The maximum absolute atomic E-state index is 14.2. The smallest absolute Gasteiger partial charge is 0.338 e. The second-order valence-electron chi connectivity index (χ2n) is 11.4. The number of rotatable bonds is 7. The number of hydrogen-bond donors (Lipinski definition) is 1. The Labute approximate surface area is 219 Å². The number of benzene rings is 2. The van der Waals surface area contributed by atoms with Crippen LogP contribution < -0.4 is 5.32 Å². The number of nitrogens with one attached hydrogen (secondary N) is 1. The van der Waals surface area contributed by atoms with Gasteiger partial charge in [0, 0.05) is 13.1 Å². The quantitative estimate of drug-likeness (QED) is 0.511. The zero-order valence-electron chi connectivity index (χ0n) is 22.8. The Balaban J connectivity index is 1.55. The Morgan fingerprint density at radius 3 is 2.24 bits per heavy atom. The number of aryl methyl sites for hydroxylation is 1. The monoisotopic (exact) mass is 510 g/mol. The minimum absolute atomic E-state index is 0.0464. The van der Waals surface area contributed by atoms with Gasteiger partial charge in [0.2, 0.25) is 5.91 Å². The van der Waals surface area contributed by atoms with Crippen LogP contribution in [0.3, 0.4) is 0 Å². The van der Waals surface area contributed by atoms with Crippen molar-refractivity contribution in [2.75, 3.05) is 13.1 Å². The van der Waals surface area contributed by atoms with Crippen molar-refractivity contribution in [3.63, 3.8) is 0 Å². The second-order valence-corrected chi connectivity index (χ2v) is 11.4. The third-order valence-electron chi connectivity index (χ3n) is 6.62. The molecule has 1 fully saturated rings. The Morgan fingerprint density at radius 2 is 1.68 bits per heavy atom. The Morgan fingerprint density at radius 1 is 1.05 bits per heavy atom. The lowest BCUT2D eigenvalue weighted by Gasteiger charge is -2.35. The van der Waals surface area contributed by atoms with Crippen LogP contribution in [-0.2, 0) is 16.0 Å². The van der Waals surface area contributed by atoms with Crippen molar-refractivity contribution in [2.24, 2.45) is 11.8 Å². The maximum atomic E-state index is 14.2. The van der Waals surface area contributed by atoms with Crippen LogP contribution in [0.25, 0.3) is 0 Å². The van der Waals surface area contributed by atoms with Crippen LogP contribution in [0.1, 0.15) is 79.3 Å². The van der Waals surface area contributed by atoms with Crippen LogP contribution in [0.4, 0.5) is 4.39 Å². The van der Waals surface area contributed by atoms with E-state index in [-0.39, 0.29) is 23.4 Å². The molecule has 1 N–H and O–H groups in total. The van der Waals surface area contributed by atoms with E-state index in [9.17, 15) is 18.8 Å². The third kappa shape index (κ3) is 7.88. The Bertz CT molecular complexity index is 1110. The summed E-state index contributed by atoms with van der Waals surface area (Å²) in [6, 6.07) is 11.2. The predicted molar refractivity (Wildman–Crippen MR) is 142 cm³/mol. The number of amides is 2. The molecule has 6 nitrogen and oxygen atoms in total. The van der Waals surface area contributed by atoms with Gasteiger partial charge in [0.1, 0.15) is 17.5 Å². The molecule has 0 saturated carbocycles. The van der Waals surface area contributed by atoms with Gasteiger partial charge in [-0.2, -0.15) is 0 Å². The van der Waals surface area contributed by atoms with E-state index >= 15 is 0 Å². The van der Waals surface area contributed by atoms with Crippen molar-refractivity contribution in [1.82, 2.24) is 10.2 Å². The third-order valence-corrected chi connectivity index (χ3v) is 6.62. The summed E-state index contributed by atoms with van der Waals surface area (Å²) in [6.45, 7) is 12.3. The fraction of sp³-hybridized carbons (Fsp3) is 0.500. The number of carbonyl (C=O) groups excluding carboxylic acids is 3. The zero-order chi connectivity index (χ0) is 27.3. The SMILES string of the molecule is Cc1ccc(F)c(C(=O)N[C@@H](C(=O)N2CCC(Cc3ccc(C(=O)OC(C)(C)C)cc3)CC2)C(C)C)c1. The molecule has 1 aliphatic heterocycles. The first kappa shape index (κ1) is 28.4. The molecule has 0 aliphatic carbocycles. The Kier molecular flexibility index (Phi) is 9.11. The van der Waals surface area contributed by atoms with Crippen molar-refractivity contribution in [3.8, 4) is 0 Å². The minimum Gasteiger partial charge on any atom is -0.456 e. The predicted octanol–water partition coefficient (Wildman–Crippen LogP) is 5.33. The summed E-state index contributed by atoms with van der Waals surface area (Å²) in [5.74, 6) is -1.34. The summed E-state index contributed by atoms with van der Waals surface area (Å²) < 4.78 is 19.6. The molecule has 7 heteroatoms. The lowest BCUT2D eigenvalue weighted by Crippen LogP contribution is -2.53. The first-order chi connectivity index (χ1) is 17.3. The number of carbonyl (C=O) groups is 3. The average molecular weight is 511 g/mol. The van der Waals surface area contributed by atoms with Gasteiger partial charge in [-0.25, -0.2) is 9.18 Å². The molecule has 37 heavy (non-hydrogen) atoms. The standard InChI is InChI=1S/C30H39FN2O4/c1-19(2)26(32-27(34)24-17-20(3)7-12-25(24)31)28(35)33-15-13-22(14-16-33)18-21-8-10-23(11-9-21)29(36)37-30(4,5)6/h7-12,17,19,22,26H,13-16,18H2,1-6H3,(H,32,34)/t26-/m1/s1. The van der Waals surface area contributed by atoms with Crippen molar-refractivity contribution in [3.05, 3.63) is 70.5 Å². The number of nitrogens with zero attached hydrogens (tertiary/aromatic N) is 1. The topological polar surface area (TPSA) is 75.7 Å². The molecule has 1 aliphatic rings. The molecule has 0 unspecified atom stereocenters. The highest BCUT2D eigenvalue weighted by atomic mass is 19.1. The van der Waals surface area contributed by atoms with Crippen LogP contribution >= 0.6 is 0 Å². The van der Waals surface area contributed by atoms with Gasteiger partial charge in [-0.3, -0.25) is 9.59 Å². The number of esters is 1. The van der Waals surface area contributed by atoms with E-state index in [4.69, 9.17) is 4.74 Å². The molecular weight excluding hydrogens is 471 g/mol. The highest BCUT2D eigenvalue weighted by Gasteiger charge is 2.32. The second kappa shape index (κ2) is 11.9. The zero-order valence-corrected chi connectivity index (χ0v) is 22.8. The maximum Gasteiger partial charge on any atom is 0.338 e. The summed E-state index contributed by atoms with van der Waals surface area (Å²) in [6.07, 6.45) is 2.57. The number of hydrogen-bond acceptors (Lipinski definition) is 4. The van der Waals surface area contributed by atoms with E-state index in [2.05, 4.69) is 5.32 Å². The minimum atomic E-state index is -0.718. The fourth-order valence-corrected chi connectivity index (χ4v) is 4.55. The van der Waals surface area contributed by atoms with Gasteiger partial charge in [-0.1, -0.05) is 37.6 Å². The van der Waals surface area contributed by atoms with Crippen molar-refractivity contribution in [1.29, 1.82) is 0 Å². The van der Waals surface area contributed by atoms with E-state index in [0.717, 1.165) is 30.4 Å². The molecule has 2 aromatic rings. The lowest BCUT2D eigenvalue weighted by molar-refractivity contribution is -0.135. The van der Waals surface area contributed by atoms with E-state index in [1.54, 1.807) is 30.0 Å². The van der Waals surface area contributed by atoms with Crippen molar-refractivity contribution in [2.45, 2.75) is 72.4 Å². The first-order valence-electron chi connectivity index (χ1n) is 13.0. The highest BCUT2D eigenvalue weighted by Crippen LogP contribution is 2.24. The number of likely N-dealkylation sites (tertiary alicyclic amines) is 1. The van der Waals surface area contributed by atoms with E-state index in [1.807, 2.05) is 46.8 Å². The van der Waals surface area contributed by atoms with Crippen LogP contribution in [-0.4, -0.2) is 47.4 Å². The molecule has 0 bridgehead atoms. The van der Waals surface area contributed by atoms with Crippen LogP contribution in [0, 0.1) is 24.6 Å².